The number of hydrogen-bond acceptors (Lipinski definition) is 4. The molecule has 1 aromatic carbocycles. The lowest BCUT2D eigenvalue weighted by atomic mass is 9.75. The molecule has 3 rings (SSSR count). The molecule has 1 aromatic heterocycles. The van der Waals surface area contributed by atoms with E-state index in [0.29, 0.717) is 5.02 Å². The van der Waals surface area contributed by atoms with Crippen molar-refractivity contribution in [3.63, 3.8) is 0 Å². The van der Waals surface area contributed by atoms with Gasteiger partial charge in [-0.3, -0.25) is 14.2 Å². The number of alkyl halides is 1. The van der Waals surface area contributed by atoms with Crippen LogP contribution >= 0.6 is 23.2 Å². The maximum atomic E-state index is 14.7. The fraction of sp³-hybridized carbons (Fsp3) is 0.429. The molecule has 1 amide bonds. The van der Waals surface area contributed by atoms with Gasteiger partial charge in [-0.25, -0.2) is 17.1 Å². The Morgan fingerprint density at radius 1 is 1.22 bits per heavy atom. The molecule has 6 nitrogen and oxygen atoms in total. The summed E-state index contributed by atoms with van der Waals surface area (Å²) < 4.78 is 53.3. The van der Waals surface area contributed by atoms with Crippen molar-refractivity contribution in [2.24, 2.45) is 0 Å². The van der Waals surface area contributed by atoms with Crippen LogP contribution in [-0.2, 0) is 15.4 Å². The Labute approximate surface area is 196 Å². The number of rotatable bonds is 8. The van der Waals surface area contributed by atoms with E-state index in [0.717, 1.165) is 0 Å². The summed E-state index contributed by atoms with van der Waals surface area (Å²) in [6, 6.07) is 7.24. The second-order valence-electron chi connectivity index (χ2n) is 7.68. The topological polar surface area (TPSA) is 79.4 Å². The molecule has 32 heavy (non-hydrogen) atoms. The maximum absolute atomic E-state index is 14.7. The van der Waals surface area contributed by atoms with Crippen LogP contribution in [0.1, 0.15) is 35.3 Å². The van der Waals surface area contributed by atoms with Gasteiger partial charge < -0.3 is 5.32 Å². The van der Waals surface area contributed by atoms with E-state index in [4.69, 9.17) is 23.2 Å². The van der Waals surface area contributed by atoms with E-state index in [-0.39, 0.29) is 60.9 Å². The number of nitrogens with one attached hydrogen (secondary N) is 1. The summed E-state index contributed by atoms with van der Waals surface area (Å²) in [5.74, 6) is -1.26. The summed E-state index contributed by atoms with van der Waals surface area (Å²) in [6.45, 7) is -0.447. The maximum Gasteiger partial charge on any atom is 0.252 e. The number of benzene rings is 1. The minimum atomic E-state index is -3.61. The summed E-state index contributed by atoms with van der Waals surface area (Å²) in [6.07, 6.45) is 1.87. The normalized spacial score (nSPS) is 16.6. The van der Waals surface area contributed by atoms with E-state index in [1.165, 1.54) is 40.8 Å². The van der Waals surface area contributed by atoms with Crippen LogP contribution in [0, 0.1) is 5.82 Å². The third-order valence-corrected chi connectivity index (χ3v) is 8.14. The standard InChI is InChI=1S/C21H23Cl2F2N3O3S/c22-15-4-5-16(17(23)13-15)20(29)27-14-21(19-18(25)3-1-9-26-19)6-10-28(11-7-21)32(30,31)12-2-8-24/h1,3-5,9,13H,2,6-8,10-12,14H2,(H,27,29). The molecule has 11 heteroatoms. The van der Waals surface area contributed by atoms with E-state index < -0.39 is 33.8 Å². The minimum absolute atomic E-state index is 0.0388. The lowest BCUT2D eigenvalue weighted by Gasteiger charge is -2.41. The first-order valence-electron chi connectivity index (χ1n) is 10.1. The van der Waals surface area contributed by atoms with Gasteiger partial charge in [-0.15, -0.1) is 0 Å². The van der Waals surface area contributed by atoms with Crippen molar-refractivity contribution in [3.05, 3.63) is 63.6 Å². The minimum Gasteiger partial charge on any atom is -0.351 e. The molecule has 2 aromatic rings. The molecule has 0 saturated carbocycles. The first-order valence-corrected chi connectivity index (χ1v) is 12.4. The summed E-state index contributed by atoms with van der Waals surface area (Å²) in [4.78, 5) is 16.9. The van der Waals surface area contributed by atoms with Gasteiger partial charge in [0.25, 0.3) is 5.91 Å². The van der Waals surface area contributed by atoms with E-state index in [9.17, 15) is 22.0 Å². The SMILES string of the molecule is O=C(NCC1(c2ncccc2F)CCN(S(=O)(=O)CCCF)CC1)c1ccc(Cl)cc1Cl. The molecule has 1 aliphatic heterocycles. The molecule has 0 atom stereocenters. The monoisotopic (exact) mass is 505 g/mol. The number of hydrogen-bond donors (Lipinski definition) is 1. The van der Waals surface area contributed by atoms with E-state index in [1.807, 2.05) is 0 Å². The molecule has 174 valence electrons. The van der Waals surface area contributed by atoms with Gasteiger partial charge in [0.15, 0.2) is 0 Å². The molecule has 0 spiro atoms. The first-order chi connectivity index (χ1) is 15.2. The Hall–Kier alpha value is -1.81. The van der Waals surface area contributed by atoms with E-state index in [2.05, 4.69) is 10.3 Å². The van der Waals surface area contributed by atoms with Gasteiger partial charge in [-0.2, -0.15) is 0 Å². The fourth-order valence-corrected chi connectivity index (χ4v) is 5.82. The van der Waals surface area contributed by atoms with Crippen molar-refractivity contribution >= 4 is 39.1 Å². The van der Waals surface area contributed by atoms with Crippen molar-refractivity contribution in [1.82, 2.24) is 14.6 Å². The van der Waals surface area contributed by atoms with Crippen LogP contribution in [-0.4, -0.2) is 55.7 Å². The number of carbonyl (C=O) groups is 1. The Morgan fingerprint density at radius 3 is 2.56 bits per heavy atom. The molecule has 0 radical (unpaired) electrons. The van der Waals surface area contributed by atoms with Gasteiger partial charge in [0.1, 0.15) is 5.82 Å². The summed E-state index contributed by atoms with van der Waals surface area (Å²) in [7, 11) is -3.61. The first kappa shape index (κ1) is 24.8. The van der Waals surface area contributed by atoms with Crippen LogP contribution in [0.5, 0.6) is 0 Å². The van der Waals surface area contributed by atoms with Gasteiger partial charge in [0.2, 0.25) is 10.0 Å². The highest BCUT2D eigenvalue weighted by Gasteiger charge is 2.42. The van der Waals surface area contributed by atoms with E-state index in [1.54, 1.807) is 0 Å². The summed E-state index contributed by atoms with van der Waals surface area (Å²) >= 11 is 12.0. The highest BCUT2D eigenvalue weighted by molar-refractivity contribution is 7.89. The van der Waals surface area contributed by atoms with Gasteiger partial charge in [0, 0.05) is 36.3 Å². The van der Waals surface area contributed by atoms with Crippen LogP contribution in [0.25, 0.3) is 0 Å². The zero-order valence-corrected chi connectivity index (χ0v) is 19.5. The molecule has 2 heterocycles. The molecule has 1 fully saturated rings. The molecule has 0 bridgehead atoms. The molecule has 1 N–H and O–H groups in total. The number of sulfonamides is 1. The quantitative estimate of drug-likeness (QED) is 0.588. The van der Waals surface area contributed by atoms with Crippen LogP contribution in [0.4, 0.5) is 8.78 Å². The lowest BCUT2D eigenvalue weighted by Crippen LogP contribution is -2.51. The lowest BCUT2D eigenvalue weighted by molar-refractivity contribution is 0.0931. The summed E-state index contributed by atoms with van der Waals surface area (Å²) in [5.41, 5.74) is -0.520. The number of amides is 1. The Morgan fingerprint density at radius 2 is 1.94 bits per heavy atom. The van der Waals surface area contributed by atoms with Crippen molar-refractivity contribution < 1.29 is 22.0 Å². The smallest absolute Gasteiger partial charge is 0.252 e. The predicted octanol–water partition coefficient (Wildman–Crippen LogP) is 3.98. The number of piperidine rings is 1. The Kier molecular flexibility index (Phi) is 8.08. The highest BCUT2D eigenvalue weighted by Crippen LogP contribution is 2.36. The molecular weight excluding hydrogens is 483 g/mol. The molecule has 1 aliphatic rings. The average Bonchev–Trinajstić information content (AvgIpc) is 2.77. The fourth-order valence-electron chi connectivity index (χ4n) is 3.85. The molecule has 1 saturated heterocycles. The van der Waals surface area contributed by atoms with Crippen LogP contribution < -0.4 is 5.32 Å². The van der Waals surface area contributed by atoms with Crippen molar-refractivity contribution in [3.8, 4) is 0 Å². The van der Waals surface area contributed by atoms with Crippen molar-refractivity contribution in [1.29, 1.82) is 0 Å². The number of pyridine rings is 1. The van der Waals surface area contributed by atoms with Gasteiger partial charge in [-0.1, -0.05) is 23.2 Å². The second-order valence-corrected chi connectivity index (χ2v) is 10.6. The van der Waals surface area contributed by atoms with Gasteiger partial charge >= 0.3 is 0 Å². The zero-order chi connectivity index (χ0) is 23.4. The Balaban J connectivity index is 1.81. The number of carbonyl (C=O) groups excluding carboxylic acids is 1. The van der Waals surface area contributed by atoms with Crippen molar-refractivity contribution in [2.45, 2.75) is 24.7 Å². The average molecular weight is 506 g/mol. The number of aromatic nitrogens is 1. The predicted molar refractivity (Wildman–Crippen MR) is 120 cm³/mol. The zero-order valence-electron chi connectivity index (χ0n) is 17.2. The highest BCUT2D eigenvalue weighted by atomic mass is 35.5. The number of halogens is 4. The third-order valence-electron chi connectivity index (χ3n) is 5.63. The van der Waals surface area contributed by atoms with Gasteiger partial charge in [-0.05, 0) is 49.6 Å². The van der Waals surface area contributed by atoms with Crippen LogP contribution in [0.15, 0.2) is 36.5 Å². The van der Waals surface area contributed by atoms with Crippen LogP contribution in [0.2, 0.25) is 10.0 Å². The third kappa shape index (κ3) is 5.57. The van der Waals surface area contributed by atoms with E-state index >= 15 is 0 Å². The molecule has 0 aliphatic carbocycles. The van der Waals surface area contributed by atoms with Crippen molar-refractivity contribution in [2.75, 3.05) is 32.1 Å². The molecule has 0 unspecified atom stereocenters. The largest absolute Gasteiger partial charge is 0.351 e. The second kappa shape index (κ2) is 10.4. The molecular formula is C21H23Cl2F2N3O3S. The van der Waals surface area contributed by atoms with Crippen LogP contribution in [0.3, 0.4) is 0 Å². The van der Waals surface area contributed by atoms with Gasteiger partial charge in [0.05, 0.1) is 28.7 Å². The summed E-state index contributed by atoms with van der Waals surface area (Å²) in [5, 5.41) is 3.36. The Bertz CT molecular complexity index is 1080. The number of nitrogens with zero attached hydrogens (tertiary/aromatic N) is 2.